The highest BCUT2D eigenvalue weighted by Gasteiger charge is 2.04. The molecular weight excluding hydrogens is 226 g/mol. The molecule has 0 saturated heterocycles. The Morgan fingerprint density at radius 1 is 1.17 bits per heavy atom. The van der Waals surface area contributed by atoms with Gasteiger partial charge >= 0.3 is 0 Å². The van der Waals surface area contributed by atoms with Crippen LogP contribution in [0, 0.1) is 0 Å². The van der Waals surface area contributed by atoms with E-state index < -0.39 is 0 Å². The molecule has 0 unspecified atom stereocenters. The second kappa shape index (κ2) is 6.10. The highest BCUT2D eigenvalue weighted by atomic mass is 16.3. The number of aromatic hydroxyl groups is 1. The topological polar surface area (TPSA) is 57.8 Å². The van der Waals surface area contributed by atoms with Gasteiger partial charge in [-0.25, -0.2) is 4.98 Å². The highest BCUT2D eigenvalue weighted by molar-refractivity contribution is 5.94. The molecule has 0 atom stereocenters. The summed E-state index contributed by atoms with van der Waals surface area (Å²) in [4.78, 5) is 4.11. The number of fused-ring (bicyclic) bond motifs is 1. The molecule has 1 N–H and O–H groups in total. The molecule has 1 heterocycles. The zero-order chi connectivity index (χ0) is 12.8. The van der Waals surface area contributed by atoms with Crippen LogP contribution >= 0.6 is 0 Å². The van der Waals surface area contributed by atoms with Gasteiger partial charge < -0.3 is 5.11 Å². The number of hydrogen-bond acceptors (Lipinski definition) is 4. The third kappa shape index (κ3) is 2.83. The molecule has 0 amide bonds. The zero-order valence-electron chi connectivity index (χ0n) is 10.5. The molecule has 0 bridgehead atoms. The number of aromatic nitrogens is 1. The maximum Gasteiger partial charge on any atom is 0.182 e. The van der Waals surface area contributed by atoms with Crippen LogP contribution < -0.4 is 0 Å². The van der Waals surface area contributed by atoms with Gasteiger partial charge in [-0.05, 0) is 6.42 Å². The van der Waals surface area contributed by atoms with Gasteiger partial charge in [-0.3, -0.25) is 0 Å². The fraction of sp³-hybridized carbons (Fsp3) is 0.357. The van der Waals surface area contributed by atoms with Crippen LogP contribution in [0.15, 0.2) is 40.7 Å². The van der Waals surface area contributed by atoms with Crippen molar-refractivity contribution in [3.63, 3.8) is 0 Å². The van der Waals surface area contributed by atoms with Crippen molar-refractivity contribution in [2.24, 2.45) is 10.2 Å². The van der Waals surface area contributed by atoms with Gasteiger partial charge in [0.1, 0.15) is 5.75 Å². The van der Waals surface area contributed by atoms with E-state index in [4.69, 9.17) is 0 Å². The smallest absolute Gasteiger partial charge is 0.182 e. The van der Waals surface area contributed by atoms with E-state index in [1.807, 2.05) is 24.3 Å². The average molecular weight is 243 g/mol. The third-order valence-corrected chi connectivity index (χ3v) is 2.78. The number of benzene rings is 1. The third-order valence-electron chi connectivity index (χ3n) is 2.78. The van der Waals surface area contributed by atoms with Crippen molar-refractivity contribution >= 4 is 16.6 Å². The first kappa shape index (κ1) is 12.5. The summed E-state index contributed by atoms with van der Waals surface area (Å²) in [6, 6.07) is 7.52. The molecule has 1 aromatic carbocycles. The summed E-state index contributed by atoms with van der Waals surface area (Å²) in [6.07, 6.45) is 4.82. The summed E-state index contributed by atoms with van der Waals surface area (Å²) in [5, 5.41) is 19.6. The normalized spacial score (nSPS) is 11.4. The molecule has 0 radical (unpaired) electrons. The van der Waals surface area contributed by atoms with Crippen molar-refractivity contribution < 1.29 is 5.11 Å². The molecule has 4 heteroatoms. The predicted molar refractivity (Wildman–Crippen MR) is 72.3 cm³/mol. The van der Waals surface area contributed by atoms with Crippen LogP contribution in [0.3, 0.4) is 0 Å². The largest absolute Gasteiger partial charge is 0.506 e. The fourth-order valence-corrected chi connectivity index (χ4v) is 1.79. The van der Waals surface area contributed by atoms with Crippen molar-refractivity contribution in [2.45, 2.75) is 26.2 Å². The highest BCUT2D eigenvalue weighted by Crippen LogP contribution is 2.29. The maximum atomic E-state index is 9.70. The number of hydrogen-bond donors (Lipinski definition) is 1. The predicted octanol–water partition coefficient (Wildman–Crippen LogP) is 4.21. The lowest BCUT2D eigenvalue weighted by molar-refractivity contribution is 0.479. The van der Waals surface area contributed by atoms with Crippen molar-refractivity contribution in [2.75, 3.05) is 6.54 Å². The minimum Gasteiger partial charge on any atom is -0.506 e. The van der Waals surface area contributed by atoms with E-state index in [0.29, 0.717) is 5.82 Å². The molecule has 94 valence electrons. The zero-order valence-corrected chi connectivity index (χ0v) is 10.5. The van der Waals surface area contributed by atoms with Gasteiger partial charge in [0.2, 0.25) is 0 Å². The molecule has 0 fully saturated rings. The van der Waals surface area contributed by atoms with E-state index in [9.17, 15) is 5.11 Å². The lowest BCUT2D eigenvalue weighted by atomic mass is 10.1. The van der Waals surface area contributed by atoms with Crippen LogP contribution in [-0.2, 0) is 0 Å². The van der Waals surface area contributed by atoms with E-state index in [2.05, 4.69) is 22.1 Å². The summed E-state index contributed by atoms with van der Waals surface area (Å²) in [6.45, 7) is 2.89. The first-order valence-electron chi connectivity index (χ1n) is 6.27. The molecule has 0 aliphatic heterocycles. The Kier molecular flexibility index (Phi) is 4.23. The van der Waals surface area contributed by atoms with Crippen LogP contribution in [0.4, 0.5) is 5.82 Å². The number of azo groups is 1. The summed E-state index contributed by atoms with van der Waals surface area (Å²) >= 11 is 0. The standard InChI is InChI=1S/C14H17N3O/c1-2-3-6-9-16-17-14-12-8-5-4-7-11(12)13(18)10-15-14/h4-5,7-8,10,18H,2-3,6,9H2,1H3/b17-16+. The molecule has 0 aliphatic carbocycles. The number of nitrogens with zero attached hydrogens (tertiary/aromatic N) is 3. The Hall–Kier alpha value is -1.97. The van der Waals surface area contributed by atoms with Gasteiger partial charge in [0, 0.05) is 10.8 Å². The van der Waals surface area contributed by atoms with Crippen molar-refractivity contribution in [3.8, 4) is 5.75 Å². The number of rotatable bonds is 5. The average Bonchev–Trinajstić information content (AvgIpc) is 2.41. The van der Waals surface area contributed by atoms with Crippen LogP contribution in [0.25, 0.3) is 10.8 Å². The monoisotopic (exact) mass is 243 g/mol. The SMILES string of the molecule is CCCCC/N=N/c1ncc(O)c2ccccc12. The molecule has 0 spiro atoms. The molecule has 2 rings (SSSR count). The van der Waals surface area contributed by atoms with Crippen molar-refractivity contribution in [1.82, 2.24) is 4.98 Å². The summed E-state index contributed by atoms with van der Waals surface area (Å²) in [5.41, 5.74) is 0. The van der Waals surface area contributed by atoms with Crippen LogP contribution in [0.2, 0.25) is 0 Å². The van der Waals surface area contributed by atoms with E-state index in [1.165, 1.54) is 19.0 Å². The van der Waals surface area contributed by atoms with Crippen LogP contribution in [0.5, 0.6) is 5.75 Å². The lowest BCUT2D eigenvalue weighted by Crippen LogP contribution is -1.81. The minimum atomic E-state index is 0.176. The van der Waals surface area contributed by atoms with Crippen LogP contribution in [-0.4, -0.2) is 16.6 Å². The summed E-state index contributed by atoms with van der Waals surface area (Å²) < 4.78 is 0. The fourth-order valence-electron chi connectivity index (χ4n) is 1.79. The first-order valence-corrected chi connectivity index (χ1v) is 6.27. The second-order valence-electron chi connectivity index (χ2n) is 4.18. The van der Waals surface area contributed by atoms with Crippen molar-refractivity contribution in [1.29, 1.82) is 0 Å². The number of unbranched alkanes of at least 4 members (excludes halogenated alkanes) is 2. The van der Waals surface area contributed by atoms with Gasteiger partial charge in [-0.15, -0.1) is 5.11 Å². The molecule has 4 nitrogen and oxygen atoms in total. The summed E-state index contributed by atoms with van der Waals surface area (Å²) in [7, 11) is 0. The molecule has 0 aliphatic rings. The molecule has 2 aromatic rings. The lowest BCUT2D eigenvalue weighted by Gasteiger charge is -2.02. The Bertz CT molecular complexity index is 552. The molecular formula is C14H17N3O. The number of pyridine rings is 1. The second-order valence-corrected chi connectivity index (χ2v) is 4.18. The summed E-state index contributed by atoms with van der Waals surface area (Å²) in [5.74, 6) is 0.746. The quantitative estimate of drug-likeness (QED) is 0.631. The Labute approximate surface area is 106 Å². The van der Waals surface area contributed by atoms with Crippen LogP contribution in [0.1, 0.15) is 26.2 Å². The van der Waals surface area contributed by atoms with Gasteiger partial charge in [0.15, 0.2) is 5.82 Å². The van der Waals surface area contributed by atoms with E-state index in [1.54, 1.807) is 0 Å². The molecule has 1 aromatic heterocycles. The van der Waals surface area contributed by atoms with E-state index >= 15 is 0 Å². The molecule has 0 saturated carbocycles. The van der Waals surface area contributed by atoms with Gasteiger partial charge in [-0.1, -0.05) is 44.0 Å². The Morgan fingerprint density at radius 2 is 1.94 bits per heavy atom. The minimum absolute atomic E-state index is 0.176. The van der Waals surface area contributed by atoms with E-state index in [0.717, 1.165) is 23.7 Å². The molecule has 18 heavy (non-hydrogen) atoms. The van der Waals surface area contributed by atoms with E-state index in [-0.39, 0.29) is 5.75 Å². The first-order chi connectivity index (χ1) is 8.83. The Morgan fingerprint density at radius 3 is 2.72 bits per heavy atom. The van der Waals surface area contributed by atoms with Gasteiger partial charge in [-0.2, -0.15) is 5.11 Å². The van der Waals surface area contributed by atoms with Crippen molar-refractivity contribution in [3.05, 3.63) is 30.5 Å². The maximum absolute atomic E-state index is 9.70. The van der Waals surface area contributed by atoms with Gasteiger partial charge in [0.05, 0.1) is 12.7 Å². The van der Waals surface area contributed by atoms with Gasteiger partial charge in [0.25, 0.3) is 0 Å². The Balaban J connectivity index is 2.21.